The number of carbonyl (C=O) groups is 1. The van der Waals surface area contributed by atoms with Crippen LogP contribution in [0, 0.1) is 5.92 Å². The first-order chi connectivity index (χ1) is 8.63. The number of aryl methyl sites for hydroxylation is 1. The highest BCUT2D eigenvalue weighted by Crippen LogP contribution is 2.18. The van der Waals surface area contributed by atoms with Crippen LogP contribution in [-0.4, -0.2) is 29.2 Å². The molecule has 4 nitrogen and oxygen atoms in total. The molecule has 1 heterocycles. The molecule has 0 aliphatic heterocycles. The third-order valence-corrected chi connectivity index (χ3v) is 3.24. The van der Waals surface area contributed by atoms with E-state index >= 15 is 0 Å². The van der Waals surface area contributed by atoms with E-state index in [1.165, 1.54) is 0 Å². The van der Waals surface area contributed by atoms with Crippen LogP contribution >= 0.6 is 0 Å². The largest absolute Gasteiger partial charge is 0.319 e. The number of rotatable bonds is 5. The Morgan fingerprint density at radius 2 is 2.17 bits per heavy atom. The number of fused-ring (bicyclic) bond motifs is 1. The standard InChI is InChI=1S/C14H19N3O/c1-10(9-15-2)14(18)8-12-11-6-4-5-7-13(11)17(3)16-12/h4-7,10,15H,8-9H2,1-3H3. The third kappa shape index (κ3) is 2.43. The number of carbonyl (C=O) groups excluding carboxylic acids is 1. The SMILES string of the molecule is CNCC(C)C(=O)Cc1nn(C)c2ccccc12. The maximum Gasteiger partial charge on any atom is 0.142 e. The lowest BCUT2D eigenvalue weighted by Crippen LogP contribution is -2.25. The van der Waals surface area contributed by atoms with Crippen LogP contribution in [0.1, 0.15) is 12.6 Å². The van der Waals surface area contributed by atoms with Crippen molar-refractivity contribution >= 4 is 16.7 Å². The number of Topliss-reactive ketones (excluding diaryl/α,β-unsaturated/α-hetero) is 1. The van der Waals surface area contributed by atoms with Crippen molar-refractivity contribution in [2.24, 2.45) is 13.0 Å². The number of benzene rings is 1. The molecule has 0 aliphatic carbocycles. The molecule has 1 atom stereocenters. The van der Waals surface area contributed by atoms with Crippen LogP contribution in [0.3, 0.4) is 0 Å². The van der Waals surface area contributed by atoms with E-state index in [0.717, 1.165) is 16.6 Å². The van der Waals surface area contributed by atoms with E-state index < -0.39 is 0 Å². The van der Waals surface area contributed by atoms with Gasteiger partial charge in [-0.25, -0.2) is 0 Å². The Morgan fingerprint density at radius 1 is 1.44 bits per heavy atom. The van der Waals surface area contributed by atoms with Gasteiger partial charge in [0.25, 0.3) is 0 Å². The number of para-hydroxylation sites is 1. The second-order valence-electron chi connectivity index (χ2n) is 4.69. The van der Waals surface area contributed by atoms with Gasteiger partial charge in [0, 0.05) is 24.9 Å². The zero-order valence-electron chi connectivity index (χ0n) is 11.1. The molecule has 18 heavy (non-hydrogen) atoms. The molecule has 1 aromatic carbocycles. The highest BCUT2D eigenvalue weighted by atomic mass is 16.1. The number of aromatic nitrogens is 2. The summed E-state index contributed by atoms with van der Waals surface area (Å²) < 4.78 is 1.83. The van der Waals surface area contributed by atoms with Crippen LogP contribution in [0.25, 0.3) is 10.9 Å². The molecular weight excluding hydrogens is 226 g/mol. The maximum absolute atomic E-state index is 12.1. The van der Waals surface area contributed by atoms with Gasteiger partial charge in [-0.05, 0) is 13.1 Å². The molecule has 0 saturated heterocycles. The average Bonchev–Trinajstić information content (AvgIpc) is 2.67. The molecule has 4 heteroatoms. The maximum atomic E-state index is 12.1. The monoisotopic (exact) mass is 245 g/mol. The molecule has 0 spiro atoms. The van der Waals surface area contributed by atoms with E-state index in [2.05, 4.69) is 10.4 Å². The fourth-order valence-corrected chi connectivity index (χ4v) is 2.18. The molecule has 0 radical (unpaired) electrons. The van der Waals surface area contributed by atoms with Crippen molar-refractivity contribution in [1.82, 2.24) is 15.1 Å². The molecule has 2 rings (SSSR count). The van der Waals surface area contributed by atoms with Gasteiger partial charge in [-0.15, -0.1) is 0 Å². The molecular formula is C14H19N3O. The number of nitrogens with one attached hydrogen (secondary N) is 1. The number of ketones is 1. The van der Waals surface area contributed by atoms with Crippen molar-refractivity contribution in [3.05, 3.63) is 30.0 Å². The van der Waals surface area contributed by atoms with Gasteiger partial charge in [-0.1, -0.05) is 25.1 Å². The van der Waals surface area contributed by atoms with Gasteiger partial charge in [0.2, 0.25) is 0 Å². The van der Waals surface area contributed by atoms with E-state index in [1.807, 2.05) is 50.0 Å². The minimum atomic E-state index is 0.0239. The summed E-state index contributed by atoms with van der Waals surface area (Å²) in [5.74, 6) is 0.254. The van der Waals surface area contributed by atoms with Crippen LogP contribution in [0.15, 0.2) is 24.3 Å². The van der Waals surface area contributed by atoms with Gasteiger partial charge in [0.1, 0.15) is 5.78 Å². The Labute approximate surface area is 107 Å². The Balaban J connectivity index is 2.24. The summed E-state index contributed by atoms with van der Waals surface area (Å²) >= 11 is 0. The summed E-state index contributed by atoms with van der Waals surface area (Å²) in [7, 11) is 3.77. The lowest BCUT2D eigenvalue weighted by Gasteiger charge is -2.08. The zero-order chi connectivity index (χ0) is 13.1. The molecule has 0 fully saturated rings. The minimum absolute atomic E-state index is 0.0239. The Kier molecular flexibility index (Phi) is 3.77. The predicted octanol–water partition coefficient (Wildman–Crippen LogP) is 1.54. The summed E-state index contributed by atoms with van der Waals surface area (Å²) in [4.78, 5) is 12.1. The summed E-state index contributed by atoms with van der Waals surface area (Å²) in [6.07, 6.45) is 0.407. The fraction of sp³-hybridized carbons (Fsp3) is 0.429. The summed E-state index contributed by atoms with van der Waals surface area (Å²) in [6, 6.07) is 8.01. The zero-order valence-corrected chi connectivity index (χ0v) is 11.1. The van der Waals surface area contributed by atoms with Crippen LogP contribution < -0.4 is 5.32 Å². The van der Waals surface area contributed by atoms with E-state index in [-0.39, 0.29) is 11.7 Å². The summed E-state index contributed by atoms with van der Waals surface area (Å²) in [5, 5.41) is 8.55. The second kappa shape index (κ2) is 5.31. The molecule has 0 aliphatic rings. The highest BCUT2D eigenvalue weighted by molar-refractivity contribution is 5.89. The van der Waals surface area contributed by atoms with E-state index in [4.69, 9.17) is 0 Å². The van der Waals surface area contributed by atoms with Crippen molar-refractivity contribution in [2.45, 2.75) is 13.3 Å². The van der Waals surface area contributed by atoms with Crippen molar-refractivity contribution in [2.75, 3.05) is 13.6 Å². The van der Waals surface area contributed by atoms with E-state index in [0.29, 0.717) is 13.0 Å². The van der Waals surface area contributed by atoms with Gasteiger partial charge < -0.3 is 5.32 Å². The van der Waals surface area contributed by atoms with Gasteiger partial charge >= 0.3 is 0 Å². The van der Waals surface area contributed by atoms with Crippen LogP contribution in [0.4, 0.5) is 0 Å². The highest BCUT2D eigenvalue weighted by Gasteiger charge is 2.16. The lowest BCUT2D eigenvalue weighted by molar-refractivity contribution is -0.121. The Bertz CT molecular complexity index is 559. The van der Waals surface area contributed by atoms with E-state index in [1.54, 1.807) is 0 Å². The summed E-state index contributed by atoms with van der Waals surface area (Å²) in [5.41, 5.74) is 1.95. The molecule has 1 N–H and O–H groups in total. The fourth-order valence-electron chi connectivity index (χ4n) is 2.18. The first-order valence-electron chi connectivity index (χ1n) is 6.21. The Morgan fingerprint density at radius 3 is 2.89 bits per heavy atom. The minimum Gasteiger partial charge on any atom is -0.319 e. The smallest absolute Gasteiger partial charge is 0.142 e. The van der Waals surface area contributed by atoms with Gasteiger partial charge in [0.15, 0.2) is 0 Å². The molecule has 1 aromatic heterocycles. The van der Waals surface area contributed by atoms with Crippen molar-refractivity contribution in [1.29, 1.82) is 0 Å². The Hall–Kier alpha value is -1.68. The van der Waals surface area contributed by atoms with Crippen LogP contribution in [0.5, 0.6) is 0 Å². The predicted molar refractivity (Wildman–Crippen MR) is 72.5 cm³/mol. The second-order valence-corrected chi connectivity index (χ2v) is 4.69. The normalized spacial score (nSPS) is 12.8. The van der Waals surface area contributed by atoms with Crippen LogP contribution in [-0.2, 0) is 18.3 Å². The van der Waals surface area contributed by atoms with Crippen molar-refractivity contribution in [3.63, 3.8) is 0 Å². The van der Waals surface area contributed by atoms with Gasteiger partial charge in [0.05, 0.1) is 17.6 Å². The quantitative estimate of drug-likeness (QED) is 0.869. The van der Waals surface area contributed by atoms with Crippen molar-refractivity contribution < 1.29 is 4.79 Å². The van der Waals surface area contributed by atoms with E-state index in [9.17, 15) is 4.79 Å². The number of nitrogens with zero attached hydrogens (tertiary/aromatic N) is 2. The third-order valence-electron chi connectivity index (χ3n) is 3.24. The number of hydrogen-bond acceptors (Lipinski definition) is 3. The molecule has 1 unspecified atom stereocenters. The molecule has 2 aromatic rings. The molecule has 0 bridgehead atoms. The van der Waals surface area contributed by atoms with Gasteiger partial charge in [-0.3, -0.25) is 9.48 Å². The summed E-state index contributed by atoms with van der Waals surface area (Å²) in [6.45, 7) is 2.66. The molecule has 0 saturated carbocycles. The van der Waals surface area contributed by atoms with Crippen LogP contribution in [0.2, 0.25) is 0 Å². The first kappa shape index (κ1) is 12.8. The number of hydrogen-bond donors (Lipinski definition) is 1. The first-order valence-corrected chi connectivity index (χ1v) is 6.21. The van der Waals surface area contributed by atoms with Crippen molar-refractivity contribution in [3.8, 4) is 0 Å². The molecule has 96 valence electrons. The topological polar surface area (TPSA) is 46.9 Å². The average molecular weight is 245 g/mol. The lowest BCUT2D eigenvalue weighted by atomic mass is 10.0. The van der Waals surface area contributed by atoms with Gasteiger partial charge in [-0.2, -0.15) is 5.10 Å². The molecule has 0 amide bonds.